The molecule has 0 bridgehead atoms. The van der Waals surface area contributed by atoms with Gasteiger partial charge in [-0.25, -0.2) is 0 Å². The second-order valence-electron chi connectivity index (χ2n) is 18.3. The van der Waals surface area contributed by atoms with Gasteiger partial charge in [-0.05, 0) is 44.9 Å². The Labute approximate surface area is 368 Å². The van der Waals surface area contributed by atoms with Gasteiger partial charge in [0, 0.05) is 6.42 Å². The number of amides is 1. The zero-order valence-corrected chi connectivity index (χ0v) is 39.9. The first-order valence-electron chi connectivity index (χ1n) is 26.4. The highest BCUT2D eigenvalue weighted by atomic mass is 16.5. The number of aliphatic hydroxyl groups excluding tert-OH is 2. The summed E-state index contributed by atoms with van der Waals surface area (Å²) in [6, 6.07) is -0.699. The molecule has 59 heavy (non-hydrogen) atoms. The highest BCUT2D eigenvalue weighted by Gasteiger charge is 2.24. The number of unbranched alkanes of at least 4 members (excludes halogenated alkanes) is 34. The first-order valence-corrected chi connectivity index (χ1v) is 26.4. The summed E-state index contributed by atoms with van der Waals surface area (Å²) in [4.78, 5) is 26.1. The summed E-state index contributed by atoms with van der Waals surface area (Å²) in [7, 11) is 0. The Hall–Kier alpha value is -1.40. The Bertz CT molecular complexity index is 893. The first-order chi connectivity index (χ1) is 29.0. The largest absolute Gasteiger partial charge is 0.462 e. The number of rotatable bonds is 48. The van der Waals surface area contributed by atoms with Crippen LogP contribution in [0.2, 0.25) is 0 Å². The molecule has 3 N–H and O–H groups in total. The van der Waals surface area contributed by atoms with Gasteiger partial charge in [0.1, 0.15) is 6.10 Å². The van der Waals surface area contributed by atoms with Crippen molar-refractivity contribution in [2.75, 3.05) is 6.61 Å². The first kappa shape index (κ1) is 57.6. The molecule has 0 aliphatic heterocycles. The standard InChI is InChI=1S/C53H103NO5/c1-4-7-10-13-16-19-21-23-25-26-27-28-30-33-36-39-42-45-51(56)50(48-55)54-52(57)47-49(44-41-38-35-32-18-15-12-9-6-3)59-53(58)46-43-40-37-34-31-29-24-22-20-17-14-11-8-5-2/h15,18,49-51,55-56H,4-14,16-17,19-48H2,1-3H3,(H,54,57)/b18-15-. The summed E-state index contributed by atoms with van der Waals surface area (Å²) in [5.41, 5.74) is 0. The zero-order chi connectivity index (χ0) is 43.1. The van der Waals surface area contributed by atoms with Crippen molar-refractivity contribution in [1.82, 2.24) is 5.32 Å². The summed E-state index contributed by atoms with van der Waals surface area (Å²) >= 11 is 0. The molecule has 0 spiro atoms. The molecule has 0 aromatic carbocycles. The van der Waals surface area contributed by atoms with Crippen LogP contribution < -0.4 is 5.32 Å². The van der Waals surface area contributed by atoms with Crippen molar-refractivity contribution in [3.05, 3.63) is 12.2 Å². The molecule has 0 radical (unpaired) electrons. The molecule has 3 unspecified atom stereocenters. The lowest BCUT2D eigenvalue weighted by molar-refractivity contribution is -0.151. The molecule has 0 rings (SSSR count). The fourth-order valence-electron chi connectivity index (χ4n) is 8.30. The third-order valence-corrected chi connectivity index (χ3v) is 12.3. The van der Waals surface area contributed by atoms with Crippen LogP contribution >= 0.6 is 0 Å². The van der Waals surface area contributed by atoms with E-state index in [1.54, 1.807) is 0 Å². The Kier molecular flexibility index (Phi) is 46.5. The minimum Gasteiger partial charge on any atom is -0.462 e. The number of nitrogens with one attached hydrogen (secondary N) is 1. The van der Waals surface area contributed by atoms with E-state index in [0.717, 1.165) is 64.2 Å². The summed E-state index contributed by atoms with van der Waals surface area (Å²) in [5.74, 6) is -0.475. The minimum atomic E-state index is -0.785. The average molecular weight is 834 g/mol. The van der Waals surface area contributed by atoms with E-state index >= 15 is 0 Å². The van der Waals surface area contributed by atoms with Gasteiger partial charge in [0.2, 0.25) is 5.91 Å². The topological polar surface area (TPSA) is 95.9 Å². The van der Waals surface area contributed by atoms with Gasteiger partial charge in [-0.15, -0.1) is 0 Å². The SMILES string of the molecule is CCCC/C=C\CCCCCC(CC(=O)NC(CO)C(O)CCCCCCCCCCCCCCCCCCC)OC(=O)CCCCCCCCCCCCCCCC. The Morgan fingerprint density at radius 3 is 1.25 bits per heavy atom. The van der Waals surface area contributed by atoms with E-state index in [4.69, 9.17) is 4.74 Å². The summed E-state index contributed by atoms with van der Waals surface area (Å²) in [6.07, 6.45) is 52.8. The molecule has 1 amide bonds. The van der Waals surface area contributed by atoms with Gasteiger partial charge in [0.05, 0.1) is 25.2 Å². The number of hydrogen-bond donors (Lipinski definition) is 3. The molecule has 3 atom stereocenters. The smallest absolute Gasteiger partial charge is 0.306 e. The van der Waals surface area contributed by atoms with Gasteiger partial charge >= 0.3 is 5.97 Å². The second-order valence-corrected chi connectivity index (χ2v) is 18.3. The predicted molar refractivity (Wildman–Crippen MR) is 255 cm³/mol. The van der Waals surface area contributed by atoms with Crippen molar-refractivity contribution in [1.29, 1.82) is 0 Å². The lowest BCUT2D eigenvalue weighted by atomic mass is 10.0. The highest BCUT2D eigenvalue weighted by molar-refractivity contribution is 5.77. The summed E-state index contributed by atoms with van der Waals surface area (Å²) in [5, 5.41) is 23.8. The fourth-order valence-corrected chi connectivity index (χ4v) is 8.30. The number of carbonyl (C=O) groups excluding carboxylic acids is 2. The van der Waals surface area contributed by atoms with E-state index in [2.05, 4.69) is 38.2 Å². The molecule has 0 aliphatic rings. The predicted octanol–water partition coefficient (Wildman–Crippen LogP) is 15.7. The van der Waals surface area contributed by atoms with E-state index in [1.807, 2.05) is 0 Å². The number of ether oxygens (including phenoxy) is 1. The molecule has 6 nitrogen and oxygen atoms in total. The maximum absolute atomic E-state index is 13.2. The molecule has 0 saturated carbocycles. The van der Waals surface area contributed by atoms with Crippen LogP contribution in [-0.2, 0) is 14.3 Å². The van der Waals surface area contributed by atoms with E-state index in [0.29, 0.717) is 19.3 Å². The van der Waals surface area contributed by atoms with Crippen LogP contribution in [0.4, 0.5) is 0 Å². The molecular weight excluding hydrogens is 731 g/mol. The van der Waals surface area contributed by atoms with Crippen molar-refractivity contribution >= 4 is 11.9 Å². The molecular formula is C53H103NO5. The number of esters is 1. The Balaban J connectivity index is 4.38. The number of carbonyl (C=O) groups is 2. The lowest BCUT2D eigenvalue weighted by Crippen LogP contribution is -2.46. The van der Waals surface area contributed by atoms with Gasteiger partial charge in [0.15, 0.2) is 0 Å². The normalized spacial score (nSPS) is 13.2. The van der Waals surface area contributed by atoms with Crippen LogP contribution in [0.25, 0.3) is 0 Å². The minimum absolute atomic E-state index is 0.0732. The van der Waals surface area contributed by atoms with Crippen molar-refractivity contribution in [2.24, 2.45) is 0 Å². The zero-order valence-electron chi connectivity index (χ0n) is 39.9. The van der Waals surface area contributed by atoms with Crippen molar-refractivity contribution < 1.29 is 24.5 Å². The lowest BCUT2D eigenvalue weighted by Gasteiger charge is -2.24. The Morgan fingerprint density at radius 2 is 0.831 bits per heavy atom. The van der Waals surface area contributed by atoms with Crippen LogP contribution in [0.1, 0.15) is 290 Å². The molecule has 6 heteroatoms. The second kappa shape index (κ2) is 47.6. The van der Waals surface area contributed by atoms with Crippen molar-refractivity contribution in [2.45, 2.75) is 309 Å². The van der Waals surface area contributed by atoms with E-state index in [1.165, 1.54) is 180 Å². The fraction of sp³-hybridized carbons (Fsp3) is 0.925. The monoisotopic (exact) mass is 834 g/mol. The average Bonchev–Trinajstić information content (AvgIpc) is 3.23. The summed E-state index contributed by atoms with van der Waals surface area (Å²) in [6.45, 7) is 6.46. The van der Waals surface area contributed by atoms with E-state index in [9.17, 15) is 19.8 Å². The molecule has 0 aromatic rings. The summed E-state index contributed by atoms with van der Waals surface area (Å²) < 4.78 is 5.91. The molecule has 0 saturated heterocycles. The van der Waals surface area contributed by atoms with Crippen LogP contribution in [0, 0.1) is 0 Å². The van der Waals surface area contributed by atoms with Gasteiger partial charge in [-0.2, -0.15) is 0 Å². The number of hydrogen-bond acceptors (Lipinski definition) is 5. The van der Waals surface area contributed by atoms with Gasteiger partial charge in [0.25, 0.3) is 0 Å². The highest BCUT2D eigenvalue weighted by Crippen LogP contribution is 2.18. The van der Waals surface area contributed by atoms with Crippen LogP contribution in [0.15, 0.2) is 12.2 Å². The van der Waals surface area contributed by atoms with Crippen LogP contribution in [0.5, 0.6) is 0 Å². The molecule has 0 heterocycles. The molecule has 0 fully saturated rings. The number of allylic oxidation sites excluding steroid dienone is 2. The van der Waals surface area contributed by atoms with Crippen molar-refractivity contribution in [3.63, 3.8) is 0 Å². The maximum atomic E-state index is 13.2. The Morgan fingerprint density at radius 1 is 0.475 bits per heavy atom. The third-order valence-electron chi connectivity index (χ3n) is 12.3. The maximum Gasteiger partial charge on any atom is 0.306 e. The van der Waals surface area contributed by atoms with Crippen LogP contribution in [0.3, 0.4) is 0 Å². The molecule has 0 aliphatic carbocycles. The quantitative estimate of drug-likeness (QED) is 0.0322. The third kappa shape index (κ3) is 43.1. The van der Waals surface area contributed by atoms with Gasteiger partial charge in [-0.1, -0.05) is 245 Å². The van der Waals surface area contributed by atoms with Gasteiger partial charge in [-0.3, -0.25) is 9.59 Å². The molecule has 0 aromatic heterocycles. The number of aliphatic hydroxyl groups is 2. The van der Waals surface area contributed by atoms with E-state index < -0.39 is 18.2 Å². The van der Waals surface area contributed by atoms with Crippen LogP contribution in [-0.4, -0.2) is 46.9 Å². The molecule has 350 valence electrons. The van der Waals surface area contributed by atoms with Crippen molar-refractivity contribution in [3.8, 4) is 0 Å². The van der Waals surface area contributed by atoms with Gasteiger partial charge < -0.3 is 20.3 Å². The van der Waals surface area contributed by atoms with E-state index in [-0.39, 0.29) is 24.9 Å².